The second-order valence-corrected chi connectivity index (χ2v) is 5.43. The highest BCUT2D eigenvalue weighted by Crippen LogP contribution is 2.20. The summed E-state index contributed by atoms with van der Waals surface area (Å²) in [5.74, 6) is -0.180. The molecule has 0 bridgehead atoms. The Hall–Kier alpha value is -1.88. The quantitative estimate of drug-likeness (QED) is 0.853. The minimum atomic E-state index is -0.185. The van der Waals surface area contributed by atoms with Crippen LogP contribution < -0.4 is 5.32 Å². The zero-order chi connectivity index (χ0) is 15.2. The number of carbonyl (C=O) groups excluding carboxylic acids is 2. The third kappa shape index (κ3) is 4.04. The van der Waals surface area contributed by atoms with E-state index < -0.39 is 0 Å². The van der Waals surface area contributed by atoms with Gasteiger partial charge in [0.05, 0.1) is 12.0 Å². The molecule has 21 heavy (non-hydrogen) atoms. The van der Waals surface area contributed by atoms with E-state index in [1.165, 1.54) is 6.92 Å². The number of aliphatic hydroxyl groups excluding tert-OH is 1. The molecule has 5 heteroatoms. The summed E-state index contributed by atoms with van der Waals surface area (Å²) in [4.78, 5) is 25.4. The van der Waals surface area contributed by atoms with Crippen LogP contribution in [-0.4, -0.2) is 41.5 Å². The first-order valence-corrected chi connectivity index (χ1v) is 7.33. The average Bonchev–Trinajstić information content (AvgIpc) is 2.98. The Morgan fingerprint density at radius 3 is 2.67 bits per heavy atom. The molecule has 0 spiro atoms. The van der Waals surface area contributed by atoms with E-state index in [-0.39, 0.29) is 30.4 Å². The molecule has 1 fully saturated rings. The van der Waals surface area contributed by atoms with E-state index in [9.17, 15) is 14.7 Å². The minimum absolute atomic E-state index is 0.0141. The van der Waals surface area contributed by atoms with Crippen LogP contribution in [0, 0.1) is 5.92 Å². The van der Waals surface area contributed by atoms with Crippen molar-refractivity contribution in [3.8, 4) is 0 Å². The lowest BCUT2D eigenvalue weighted by atomic mass is 10.0. The van der Waals surface area contributed by atoms with Gasteiger partial charge in [0, 0.05) is 26.6 Å². The highest BCUT2D eigenvalue weighted by molar-refractivity contribution is 5.81. The molecule has 2 N–H and O–H groups in total. The number of nitrogens with zero attached hydrogens (tertiary/aromatic N) is 1. The van der Waals surface area contributed by atoms with E-state index in [2.05, 4.69) is 5.32 Å². The lowest BCUT2D eigenvalue weighted by molar-refractivity contribution is -0.128. The summed E-state index contributed by atoms with van der Waals surface area (Å²) in [6.45, 7) is 2.67. The maximum Gasteiger partial charge on any atom is 0.225 e. The Labute approximate surface area is 125 Å². The van der Waals surface area contributed by atoms with E-state index in [4.69, 9.17) is 0 Å². The number of likely N-dealkylation sites (tertiary alicyclic amines) is 1. The van der Waals surface area contributed by atoms with Gasteiger partial charge in [0.1, 0.15) is 0 Å². The number of rotatable bonds is 5. The number of amides is 2. The number of benzene rings is 1. The van der Waals surface area contributed by atoms with Gasteiger partial charge in [-0.2, -0.15) is 0 Å². The Kier molecular flexibility index (Phi) is 5.33. The first kappa shape index (κ1) is 15.5. The van der Waals surface area contributed by atoms with Crippen molar-refractivity contribution in [2.75, 3.05) is 19.7 Å². The van der Waals surface area contributed by atoms with Gasteiger partial charge in [-0.3, -0.25) is 9.59 Å². The SMILES string of the molecule is CC(=O)N1CCC(C(=O)NC(CCO)c2ccccc2)C1. The first-order chi connectivity index (χ1) is 10.1. The predicted molar refractivity (Wildman–Crippen MR) is 79.4 cm³/mol. The van der Waals surface area contributed by atoms with Gasteiger partial charge in [-0.15, -0.1) is 0 Å². The van der Waals surface area contributed by atoms with Crippen LogP contribution in [0.2, 0.25) is 0 Å². The van der Waals surface area contributed by atoms with Crippen LogP contribution in [0.4, 0.5) is 0 Å². The third-order valence-electron chi connectivity index (χ3n) is 3.94. The third-order valence-corrected chi connectivity index (χ3v) is 3.94. The molecule has 0 radical (unpaired) electrons. The molecule has 0 aliphatic carbocycles. The minimum Gasteiger partial charge on any atom is -0.396 e. The zero-order valence-electron chi connectivity index (χ0n) is 12.3. The summed E-state index contributed by atoms with van der Waals surface area (Å²) in [5, 5.41) is 12.2. The van der Waals surface area contributed by atoms with Gasteiger partial charge in [-0.25, -0.2) is 0 Å². The summed E-state index contributed by atoms with van der Waals surface area (Å²) in [6.07, 6.45) is 1.19. The maximum atomic E-state index is 12.3. The van der Waals surface area contributed by atoms with Crippen molar-refractivity contribution in [3.05, 3.63) is 35.9 Å². The summed E-state index contributed by atoms with van der Waals surface area (Å²) in [7, 11) is 0. The highest BCUT2D eigenvalue weighted by Gasteiger charge is 2.30. The van der Waals surface area contributed by atoms with Crippen LogP contribution in [0.1, 0.15) is 31.4 Å². The van der Waals surface area contributed by atoms with Crippen molar-refractivity contribution in [2.45, 2.75) is 25.8 Å². The van der Waals surface area contributed by atoms with Gasteiger partial charge in [-0.05, 0) is 18.4 Å². The van der Waals surface area contributed by atoms with Gasteiger partial charge >= 0.3 is 0 Å². The normalized spacial score (nSPS) is 19.3. The summed E-state index contributed by atoms with van der Waals surface area (Å²) >= 11 is 0. The molecular weight excluding hydrogens is 268 g/mol. The molecule has 2 unspecified atom stereocenters. The molecule has 1 saturated heterocycles. The van der Waals surface area contributed by atoms with Crippen LogP contribution >= 0.6 is 0 Å². The van der Waals surface area contributed by atoms with Gasteiger partial charge < -0.3 is 15.3 Å². The lowest BCUT2D eigenvalue weighted by Crippen LogP contribution is -2.36. The van der Waals surface area contributed by atoms with Crippen molar-refractivity contribution in [1.29, 1.82) is 0 Å². The summed E-state index contributed by atoms with van der Waals surface area (Å²) < 4.78 is 0. The second-order valence-electron chi connectivity index (χ2n) is 5.43. The Bertz CT molecular complexity index is 490. The zero-order valence-corrected chi connectivity index (χ0v) is 12.3. The Balaban J connectivity index is 1.98. The molecule has 1 heterocycles. The molecule has 5 nitrogen and oxygen atoms in total. The van der Waals surface area contributed by atoms with E-state index in [0.717, 1.165) is 5.56 Å². The van der Waals surface area contributed by atoms with Crippen LogP contribution in [0.5, 0.6) is 0 Å². The fraction of sp³-hybridized carbons (Fsp3) is 0.500. The number of nitrogens with one attached hydrogen (secondary N) is 1. The molecule has 0 saturated carbocycles. The van der Waals surface area contributed by atoms with Crippen molar-refractivity contribution in [1.82, 2.24) is 10.2 Å². The van der Waals surface area contributed by atoms with E-state index in [1.54, 1.807) is 4.90 Å². The van der Waals surface area contributed by atoms with Crippen LogP contribution in [0.3, 0.4) is 0 Å². The number of hydrogen-bond acceptors (Lipinski definition) is 3. The highest BCUT2D eigenvalue weighted by atomic mass is 16.3. The van der Waals surface area contributed by atoms with E-state index >= 15 is 0 Å². The lowest BCUT2D eigenvalue weighted by Gasteiger charge is -2.21. The summed E-state index contributed by atoms with van der Waals surface area (Å²) in [6, 6.07) is 9.45. The molecule has 2 rings (SSSR count). The average molecular weight is 290 g/mol. The van der Waals surface area contributed by atoms with E-state index in [0.29, 0.717) is 25.9 Å². The number of carbonyl (C=O) groups is 2. The van der Waals surface area contributed by atoms with Crippen molar-refractivity contribution >= 4 is 11.8 Å². The molecule has 1 aromatic carbocycles. The standard InChI is InChI=1S/C16H22N2O3/c1-12(20)18-9-7-14(11-18)16(21)17-15(8-10-19)13-5-3-2-4-6-13/h2-6,14-15,19H,7-11H2,1H3,(H,17,21). The molecule has 1 aliphatic rings. The van der Waals surface area contributed by atoms with Gasteiger partial charge in [-0.1, -0.05) is 30.3 Å². The molecule has 1 aromatic rings. The Morgan fingerprint density at radius 1 is 1.38 bits per heavy atom. The second kappa shape index (κ2) is 7.22. The molecular formula is C16H22N2O3. The van der Waals surface area contributed by atoms with Crippen LogP contribution in [0.25, 0.3) is 0 Å². The Morgan fingerprint density at radius 2 is 2.10 bits per heavy atom. The monoisotopic (exact) mass is 290 g/mol. The smallest absolute Gasteiger partial charge is 0.225 e. The van der Waals surface area contributed by atoms with Crippen molar-refractivity contribution in [2.24, 2.45) is 5.92 Å². The fourth-order valence-corrected chi connectivity index (χ4v) is 2.69. The molecule has 114 valence electrons. The molecule has 1 aliphatic heterocycles. The van der Waals surface area contributed by atoms with Crippen molar-refractivity contribution < 1.29 is 14.7 Å². The fourth-order valence-electron chi connectivity index (χ4n) is 2.69. The predicted octanol–water partition coefficient (Wildman–Crippen LogP) is 1.09. The molecule has 2 amide bonds. The summed E-state index contributed by atoms with van der Waals surface area (Å²) in [5.41, 5.74) is 0.987. The molecule has 0 aromatic heterocycles. The largest absolute Gasteiger partial charge is 0.396 e. The van der Waals surface area contributed by atoms with Crippen LogP contribution in [0.15, 0.2) is 30.3 Å². The number of hydrogen-bond donors (Lipinski definition) is 2. The maximum absolute atomic E-state index is 12.3. The first-order valence-electron chi connectivity index (χ1n) is 7.33. The number of aliphatic hydroxyl groups is 1. The van der Waals surface area contributed by atoms with Gasteiger partial charge in [0.15, 0.2) is 0 Å². The van der Waals surface area contributed by atoms with Crippen LogP contribution in [-0.2, 0) is 9.59 Å². The topological polar surface area (TPSA) is 69.6 Å². The van der Waals surface area contributed by atoms with Gasteiger partial charge in [0.25, 0.3) is 0 Å². The van der Waals surface area contributed by atoms with Gasteiger partial charge in [0.2, 0.25) is 11.8 Å². The molecule has 2 atom stereocenters. The van der Waals surface area contributed by atoms with E-state index in [1.807, 2.05) is 30.3 Å². The van der Waals surface area contributed by atoms with Crippen molar-refractivity contribution in [3.63, 3.8) is 0 Å².